The number of halogens is 2. The minimum Gasteiger partial charge on any atom is -0.493 e. The van der Waals surface area contributed by atoms with Gasteiger partial charge in [-0.05, 0) is 70.9 Å². The molecule has 27 heavy (non-hydrogen) atoms. The molecule has 138 valence electrons. The summed E-state index contributed by atoms with van der Waals surface area (Å²) in [6.07, 6.45) is 1.44. The van der Waals surface area contributed by atoms with Gasteiger partial charge in [0.05, 0.1) is 16.8 Å². The molecule has 0 aromatic heterocycles. The molecule has 0 unspecified atom stereocenters. The van der Waals surface area contributed by atoms with Crippen LogP contribution in [-0.2, 0) is 9.59 Å². The van der Waals surface area contributed by atoms with Gasteiger partial charge in [0.2, 0.25) is 0 Å². The van der Waals surface area contributed by atoms with E-state index < -0.39 is 17.8 Å². The average Bonchev–Trinajstić information content (AvgIpc) is 2.62. The lowest BCUT2D eigenvalue weighted by molar-refractivity contribution is -0.122. The molecule has 1 saturated heterocycles. The Morgan fingerprint density at radius 1 is 1.07 bits per heavy atom. The lowest BCUT2D eigenvalue weighted by Gasteiger charge is -2.26. The molecule has 0 saturated carbocycles. The molecule has 0 spiro atoms. The van der Waals surface area contributed by atoms with Crippen molar-refractivity contribution >= 4 is 61.5 Å². The second-order valence-electron chi connectivity index (χ2n) is 5.56. The number of imide groups is 2. The Bertz CT molecular complexity index is 955. The SMILES string of the molecule is CCOc1ccc(/C=C2\C(=O)NC(=O)N(c3ccc(Br)cc3)C2=O)cc1Br. The monoisotopic (exact) mass is 492 g/mol. The lowest BCUT2D eigenvalue weighted by atomic mass is 10.1. The second kappa shape index (κ2) is 8.06. The molecule has 0 atom stereocenters. The van der Waals surface area contributed by atoms with Crippen molar-refractivity contribution in [3.63, 3.8) is 0 Å². The van der Waals surface area contributed by atoms with Crippen LogP contribution in [0.5, 0.6) is 5.75 Å². The van der Waals surface area contributed by atoms with E-state index in [1.807, 2.05) is 6.92 Å². The number of amides is 4. The minimum absolute atomic E-state index is 0.131. The van der Waals surface area contributed by atoms with Crippen LogP contribution in [0.2, 0.25) is 0 Å². The zero-order valence-electron chi connectivity index (χ0n) is 14.2. The molecule has 1 heterocycles. The molecule has 1 N–H and O–H groups in total. The summed E-state index contributed by atoms with van der Waals surface area (Å²) in [5, 5.41) is 2.20. The van der Waals surface area contributed by atoms with E-state index in [-0.39, 0.29) is 5.57 Å². The number of nitrogens with one attached hydrogen (secondary N) is 1. The van der Waals surface area contributed by atoms with Gasteiger partial charge in [-0.1, -0.05) is 22.0 Å². The lowest BCUT2D eigenvalue weighted by Crippen LogP contribution is -2.54. The molecular formula is C19H14Br2N2O4. The van der Waals surface area contributed by atoms with Crippen LogP contribution in [0, 0.1) is 0 Å². The first-order valence-electron chi connectivity index (χ1n) is 8.00. The molecule has 1 aliphatic rings. The van der Waals surface area contributed by atoms with Crippen molar-refractivity contribution in [3.8, 4) is 5.75 Å². The number of hydrogen-bond donors (Lipinski definition) is 1. The number of carbonyl (C=O) groups is 3. The molecule has 2 aromatic rings. The highest BCUT2D eigenvalue weighted by Crippen LogP contribution is 2.28. The molecule has 2 aromatic carbocycles. The molecule has 4 amide bonds. The molecular weight excluding hydrogens is 480 g/mol. The zero-order chi connectivity index (χ0) is 19.6. The summed E-state index contributed by atoms with van der Waals surface area (Å²) in [7, 11) is 0. The van der Waals surface area contributed by atoms with Crippen molar-refractivity contribution in [1.82, 2.24) is 5.32 Å². The van der Waals surface area contributed by atoms with E-state index >= 15 is 0 Å². The second-order valence-corrected chi connectivity index (χ2v) is 7.33. The van der Waals surface area contributed by atoms with E-state index in [0.29, 0.717) is 28.1 Å². The van der Waals surface area contributed by atoms with Gasteiger partial charge < -0.3 is 4.74 Å². The van der Waals surface area contributed by atoms with Crippen LogP contribution in [-0.4, -0.2) is 24.5 Å². The normalized spacial score (nSPS) is 15.9. The van der Waals surface area contributed by atoms with Crippen molar-refractivity contribution in [1.29, 1.82) is 0 Å². The Morgan fingerprint density at radius 3 is 2.41 bits per heavy atom. The molecule has 0 aliphatic carbocycles. The highest BCUT2D eigenvalue weighted by Gasteiger charge is 2.36. The Kier molecular flexibility index (Phi) is 5.76. The minimum atomic E-state index is -0.780. The Morgan fingerprint density at radius 2 is 1.78 bits per heavy atom. The van der Waals surface area contributed by atoms with Gasteiger partial charge in [-0.3, -0.25) is 14.9 Å². The maximum atomic E-state index is 12.8. The number of benzene rings is 2. The zero-order valence-corrected chi connectivity index (χ0v) is 17.3. The summed E-state index contributed by atoms with van der Waals surface area (Å²) >= 11 is 6.70. The standard InChI is InChI=1S/C19H14Br2N2O4/c1-2-27-16-8-3-11(10-15(16)21)9-14-17(24)22-19(26)23(18(14)25)13-6-4-12(20)5-7-13/h3-10H,2H2,1H3,(H,22,24,26)/b14-9+. The van der Waals surface area contributed by atoms with Crippen LogP contribution < -0.4 is 15.0 Å². The van der Waals surface area contributed by atoms with Gasteiger partial charge in [-0.2, -0.15) is 0 Å². The third-order valence-electron chi connectivity index (χ3n) is 3.75. The van der Waals surface area contributed by atoms with Gasteiger partial charge in [-0.25, -0.2) is 9.69 Å². The highest BCUT2D eigenvalue weighted by molar-refractivity contribution is 9.10. The summed E-state index contributed by atoms with van der Waals surface area (Å²) in [4.78, 5) is 38.1. The molecule has 1 fully saturated rings. The molecule has 0 bridgehead atoms. The van der Waals surface area contributed by atoms with E-state index in [9.17, 15) is 14.4 Å². The largest absolute Gasteiger partial charge is 0.493 e. The van der Waals surface area contributed by atoms with Crippen molar-refractivity contribution < 1.29 is 19.1 Å². The highest BCUT2D eigenvalue weighted by atomic mass is 79.9. The van der Waals surface area contributed by atoms with Gasteiger partial charge >= 0.3 is 6.03 Å². The van der Waals surface area contributed by atoms with Crippen LogP contribution in [0.15, 0.2) is 57.0 Å². The van der Waals surface area contributed by atoms with Crippen LogP contribution >= 0.6 is 31.9 Å². The number of carbonyl (C=O) groups excluding carboxylic acids is 3. The van der Waals surface area contributed by atoms with Crippen molar-refractivity contribution in [3.05, 3.63) is 62.5 Å². The van der Waals surface area contributed by atoms with Gasteiger partial charge in [0.15, 0.2) is 0 Å². The van der Waals surface area contributed by atoms with Crippen molar-refractivity contribution in [2.75, 3.05) is 11.5 Å². The number of hydrogen-bond acceptors (Lipinski definition) is 4. The van der Waals surface area contributed by atoms with E-state index in [1.165, 1.54) is 6.08 Å². The van der Waals surface area contributed by atoms with E-state index in [1.54, 1.807) is 42.5 Å². The summed E-state index contributed by atoms with van der Waals surface area (Å²) in [5.41, 5.74) is 0.856. The summed E-state index contributed by atoms with van der Waals surface area (Å²) in [6, 6.07) is 11.1. The van der Waals surface area contributed by atoms with Crippen LogP contribution in [0.25, 0.3) is 6.08 Å². The summed E-state index contributed by atoms with van der Waals surface area (Å²) in [5.74, 6) is -0.759. The van der Waals surface area contributed by atoms with Crippen molar-refractivity contribution in [2.24, 2.45) is 0 Å². The quantitative estimate of drug-likeness (QED) is 0.509. The first kappa shape index (κ1) is 19.3. The van der Waals surface area contributed by atoms with E-state index in [4.69, 9.17) is 4.74 Å². The van der Waals surface area contributed by atoms with Crippen molar-refractivity contribution in [2.45, 2.75) is 6.92 Å². The predicted octanol–water partition coefficient (Wildman–Crippen LogP) is 4.28. The third-order valence-corrected chi connectivity index (χ3v) is 4.90. The topological polar surface area (TPSA) is 75.7 Å². The summed E-state index contributed by atoms with van der Waals surface area (Å²) < 4.78 is 6.96. The van der Waals surface area contributed by atoms with Crippen LogP contribution in [0.3, 0.4) is 0 Å². The number of nitrogens with zero attached hydrogens (tertiary/aromatic N) is 1. The predicted molar refractivity (Wildman–Crippen MR) is 108 cm³/mol. The molecule has 1 aliphatic heterocycles. The number of ether oxygens (including phenoxy) is 1. The fourth-order valence-electron chi connectivity index (χ4n) is 2.53. The van der Waals surface area contributed by atoms with E-state index in [2.05, 4.69) is 37.2 Å². The number of rotatable bonds is 4. The van der Waals surface area contributed by atoms with Crippen LogP contribution in [0.4, 0.5) is 10.5 Å². The number of barbiturate groups is 1. The fourth-order valence-corrected chi connectivity index (χ4v) is 3.30. The Balaban J connectivity index is 1.96. The first-order chi connectivity index (χ1) is 12.9. The summed E-state index contributed by atoms with van der Waals surface area (Å²) in [6.45, 7) is 2.39. The molecule has 0 radical (unpaired) electrons. The number of anilines is 1. The molecule has 3 rings (SSSR count). The fraction of sp³-hybridized carbons (Fsp3) is 0.105. The third kappa shape index (κ3) is 4.12. The molecule has 8 heteroatoms. The van der Waals surface area contributed by atoms with Crippen LogP contribution in [0.1, 0.15) is 12.5 Å². The average molecular weight is 494 g/mol. The first-order valence-corrected chi connectivity index (χ1v) is 9.58. The van der Waals surface area contributed by atoms with E-state index in [0.717, 1.165) is 9.37 Å². The smallest absolute Gasteiger partial charge is 0.335 e. The van der Waals surface area contributed by atoms with Gasteiger partial charge in [0, 0.05) is 4.47 Å². The Labute approximate surface area is 172 Å². The van der Waals surface area contributed by atoms with Gasteiger partial charge in [-0.15, -0.1) is 0 Å². The number of urea groups is 1. The maximum absolute atomic E-state index is 12.8. The Hall–Kier alpha value is -2.45. The maximum Gasteiger partial charge on any atom is 0.335 e. The van der Waals surface area contributed by atoms with Gasteiger partial charge in [0.1, 0.15) is 11.3 Å². The van der Waals surface area contributed by atoms with Gasteiger partial charge in [0.25, 0.3) is 11.8 Å². The molecule has 6 nitrogen and oxygen atoms in total.